The van der Waals surface area contributed by atoms with Gasteiger partial charge in [-0.05, 0) is 20.3 Å². The first-order chi connectivity index (χ1) is 11.1. The average Bonchev–Trinajstić information content (AvgIpc) is 3.02. The van der Waals surface area contributed by atoms with Crippen molar-refractivity contribution in [2.24, 2.45) is 0 Å². The molecule has 0 bridgehead atoms. The number of aromatic nitrogens is 2. The van der Waals surface area contributed by atoms with Gasteiger partial charge < -0.3 is 9.88 Å². The lowest BCUT2D eigenvalue weighted by Crippen LogP contribution is -2.24. The molecule has 0 fully saturated rings. The molecule has 1 heterocycles. The molecule has 0 unspecified atom stereocenters. The maximum absolute atomic E-state index is 11.9. The van der Waals surface area contributed by atoms with Crippen LogP contribution in [0.1, 0.15) is 55.3 Å². The number of hydrogen-bond acceptors (Lipinski definition) is 3. The van der Waals surface area contributed by atoms with Gasteiger partial charge >= 0.3 is 0 Å². The molecule has 23 heavy (non-hydrogen) atoms. The number of benzene rings is 1. The second-order valence-electron chi connectivity index (χ2n) is 5.76. The predicted molar refractivity (Wildman–Crippen MR) is 89.1 cm³/mol. The predicted octanol–water partition coefficient (Wildman–Crippen LogP) is 3.13. The Labute approximate surface area is 136 Å². The number of amides is 1. The lowest BCUT2D eigenvalue weighted by Gasteiger charge is -2.12. The fourth-order valence-corrected chi connectivity index (χ4v) is 2.39. The quantitative estimate of drug-likeness (QED) is 0.762. The van der Waals surface area contributed by atoms with Crippen molar-refractivity contribution in [3.63, 3.8) is 0 Å². The van der Waals surface area contributed by atoms with Gasteiger partial charge in [-0.15, -0.1) is 0 Å². The summed E-state index contributed by atoms with van der Waals surface area (Å²) in [5.41, 5.74) is 0.701. The number of nitrogens with zero attached hydrogens (tertiary/aromatic N) is 2. The Morgan fingerprint density at radius 2 is 1.91 bits per heavy atom. The fourth-order valence-electron chi connectivity index (χ4n) is 2.39. The van der Waals surface area contributed by atoms with Gasteiger partial charge in [0.1, 0.15) is 5.82 Å². The molecular weight excluding hydrogens is 290 g/mol. The molecule has 0 atom stereocenters. The minimum Gasteiger partial charge on any atom is -0.349 e. The summed E-state index contributed by atoms with van der Waals surface area (Å²) in [6.07, 6.45) is 4.93. The maximum Gasteiger partial charge on any atom is 0.220 e. The zero-order valence-electron chi connectivity index (χ0n) is 13.7. The van der Waals surface area contributed by atoms with Crippen molar-refractivity contribution in [2.75, 3.05) is 0 Å². The second kappa shape index (κ2) is 8.27. The Morgan fingerprint density at radius 1 is 1.17 bits per heavy atom. The third-order valence-electron chi connectivity index (χ3n) is 3.65. The van der Waals surface area contributed by atoms with E-state index in [9.17, 15) is 9.59 Å². The van der Waals surface area contributed by atoms with Gasteiger partial charge in [0.25, 0.3) is 0 Å². The Hall–Kier alpha value is -2.43. The van der Waals surface area contributed by atoms with Crippen LogP contribution in [0.4, 0.5) is 0 Å². The van der Waals surface area contributed by atoms with Crippen LogP contribution in [0.15, 0.2) is 42.7 Å². The molecular formula is C18H23N3O2. The van der Waals surface area contributed by atoms with Crippen LogP contribution in [0.2, 0.25) is 0 Å². The number of carbonyl (C=O) groups is 2. The summed E-state index contributed by atoms with van der Waals surface area (Å²) in [4.78, 5) is 28.1. The SMILES string of the molecule is CC(C)n1ccnc1CNC(=O)CCCC(=O)c1ccccc1. The molecule has 1 aromatic heterocycles. The summed E-state index contributed by atoms with van der Waals surface area (Å²) in [5, 5.41) is 2.86. The van der Waals surface area contributed by atoms with Crippen LogP contribution in [0.3, 0.4) is 0 Å². The largest absolute Gasteiger partial charge is 0.349 e. The summed E-state index contributed by atoms with van der Waals surface area (Å²) in [7, 11) is 0. The normalized spacial score (nSPS) is 10.7. The summed E-state index contributed by atoms with van der Waals surface area (Å²) < 4.78 is 2.03. The van der Waals surface area contributed by atoms with Gasteiger partial charge in [-0.25, -0.2) is 4.98 Å². The number of ketones is 1. The molecule has 1 aromatic carbocycles. The van der Waals surface area contributed by atoms with Crippen molar-refractivity contribution in [3.05, 3.63) is 54.1 Å². The van der Waals surface area contributed by atoms with Crippen LogP contribution in [0.5, 0.6) is 0 Å². The zero-order valence-corrected chi connectivity index (χ0v) is 13.7. The Morgan fingerprint density at radius 3 is 2.61 bits per heavy atom. The highest BCUT2D eigenvalue weighted by Gasteiger charge is 2.09. The minimum atomic E-state index is -0.0517. The van der Waals surface area contributed by atoms with E-state index in [2.05, 4.69) is 24.1 Å². The van der Waals surface area contributed by atoms with Crippen LogP contribution in [-0.4, -0.2) is 21.2 Å². The van der Waals surface area contributed by atoms with Crippen molar-refractivity contribution in [2.45, 2.75) is 45.7 Å². The van der Waals surface area contributed by atoms with E-state index >= 15 is 0 Å². The molecule has 0 aliphatic heterocycles. The third-order valence-corrected chi connectivity index (χ3v) is 3.65. The van der Waals surface area contributed by atoms with E-state index in [1.807, 2.05) is 29.0 Å². The van der Waals surface area contributed by atoms with Gasteiger partial charge in [0, 0.05) is 36.8 Å². The van der Waals surface area contributed by atoms with E-state index in [-0.39, 0.29) is 11.7 Å². The molecule has 2 rings (SSSR count). The second-order valence-corrected chi connectivity index (χ2v) is 5.76. The third kappa shape index (κ3) is 5.06. The van der Waals surface area contributed by atoms with Crippen LogP contribution in [0.25, 0.3) is 0 Å². The summed E-state index contributed by atoms with van der Waals surface area (Å²) in [5.74, 6) is 0.867. The highest BCUT2D eigenvalue weighted by molar-refractivity contribution is 5.96. The summed E-state index contributed by atoms with van der Waals surface area (Å²) in [6.45, 7) is 4.56. The molecule has 0 saturated heterocycles. The maximum atomic E-state index is 11.9. The van der Waals surface area contributed by atoms with Gasteiger partial charge in [-0.3, -0.25) is 9.59 Å². The number of nitrogens with one attached hydrogen (secondary N) is 1. The fraction of sp³-hybridized carbons (Fsp3) is 0.389. The number of rotatable bonds is 8. The van der Waals surface area contributed by atoms with Crippen molar-refractivity contribution >= 4 is 11.7 Å². The molecule has 0 radical (unpaired) electrons. The minimum absolute atomic E-state index is 0.0517. The van der Waals surface area contributed by atoms with Crippen LogP contribution in [0, 0.1) is 0 Å². The Kier molecular flexibility index (Phi) is 6.09. The number of Topliss-reactive ketones (excluding diaryl/α,β-unsaturated/α-hetero) is 1. The van der Waals surface area contributed by atoms with Crippen LogP contribution < -0.4 is 5.32 Å². The molecule has 0 aliphatic rings. The lowest BCUT2D eigenvalue weighted by molar-refractivity contribution is -0.121. The average molecular weight is 313 g/mol. The standard InChI is InChI=1S/C18H23N3O2/c1-14(2)21-12-11-19-17(21)13-20-18(23)10-6-9-16(22)15-7-4-3-5-8-15/h3-5,7-8,11-12,14H,6,9-10,13H2,1-2H3,(H,20,23). The molecule has 5 nitrogen and oxygen atoms in total. The van der Waals surface area contributed by atoms with Gasteiger partial charge in [0.05, 0.1) is 6.54 Å². The van der Waals surface area contributed by atoms with Gasteiger partial charge in [-0.1, -0.05) is 30.3 Å². The summed E-state index contributed by atoms with van der Waals surface area (Å²) >= 11 is 0. The van der Waals surface area contributed by atoms with Crippen molar-refractivity contribution in [3.8, 4) is 0 Å². The number of carbonyl (C=O) groups excluding carboxylic acids is 2. The van der Waals surface area contributed by atoms with E-state index in [0.29, 0.717) is 37.4 Å². The highest BCUT2D eigenvalue weighted by atomic mass is 16.1. The van der Waals surface area contributed by atoms with Crippen LogP contribution >= 0.6 is 0 Å². The van der Waals surface area contributed by atoms with E-state index in [1.165, 1.54) is 0 Å². The Bertz CT molecular complexity index is 647. The summed E-state index contributed by atoms with van der Waals surface area (Å²) in [6, 6.07) is 9.48. The monoisotopic (exact) mass is 313 g/mol. The number of hydrogen-bond donors (Lipinski definition) is 1. The zero-order chi connectivity index (χ0) is 16.7. The first kappa shape index (κ1) is 16.9. The molecule has 0 aliphatic carbocycles. The van der Waals surface area contributed by atoms with Crippen molar-refractivity contribution < 1.29 is 9.59 Å². The van der Waals surface area contributed by atoms with Crippen LogP contribution in [-0.2, 0) is 11.3 Å². The topological polar surface area (TPSA) is 64.0 Å². The van der Waals surface area contributed by atoms with E-state index in [1.54, 1.807) is 18.3 Å². The molecule has 2 aromatic rings. The molecule has 5 heteroatoms. The first-order valence-corrected chi connectivity index (χ1v) is 7.94. The van der Waals surface area contributed by atoms with Gasteiger partial charge in [-0.2, -0.15) is 0 Å². The molecule has 1 amide bonds. The molecule has 122 valence electrons. The van der Waals surface area contributed by atoms with E-state index < -0.39 is 0 Å². The smallest absolute Gasteiger partial charge is 0.220 e. The highest BCUT2D eigenvalue weighted by Crippen LogP contribution is 2.09. The molecule has 1 N–H and O–H groups in total. The van der Waals surface area contributed by atoms with Gasteiger partial charge in [0.2, 0.25) is 5.91 Å². The van der Waals surface area contributed by atoms with E-state index in [0.717, 1.165) is 5.82 Å². The van der Waals surface area contributed by atoms with Crippen molar-refractivity contribution in [1.29, 1.82) is 0 Å². The lowest BCUT2D eigenvalue weighted by atomic mass is 10.1. The Balaban J connectivity index is 1.71. The van der Waals surface area contributed by atoms with Crippen molar-refractivity contribution in [1.82, 2.24) is 14.9 Å². The molecule has 0 spiro atoms. The first-order valence-electron chi connectivity index (χ1n) is 7.94. The van der Waals surface area contributed by atoms with E-state index in [4.69, 9.17) is 0 Å². The number of imidazole rings is 1. The van der Waals surface area contributed by atoms with Gasteiger partial charge in [0.15, 0.2) is 5.78 Å². The molecule has 0 saturated carbocycles.